The van der Waals surface area contributed by atoms with Gasteiger partial charge in [-0.2, -0.15) is 0 Å². The quantitative estimate of drug-likeness (QED) is 0.791. The molecule has 1 aliphatic rings. The van der Waals surface area contributed by atoms with Gasteiger partial charge >= 0.3 is 0 Å². The zero-order valence-electron chi connectivity index (χ0n) is 7.27. The molecule has 0 bridgehead atoms. The van der Waals surface area contributed by atoms with E-state index in [0.717, 1.165) is 24.7 Å². The molecule has 70 valence electrons. The zero-order chi connectivity index (χ0) is 9.10. The second-order valence-electron chi connectivity index (χ2n) is 3.02. The average Bonchev–Trinajstić information content (AvgIpc) is 2.01. The van der Waals surface area contributed by atoms with Gasteiger partial charge in [-0.1, -0.05) is 6.07 Å². The van der Waals surface area contributed by atoms with Gasteiger partial charge in [0.1, 0.15) is 5.82 Å². The minimum absolute atomic E-state index is 0.600. The van der Waals surface area contributed by atoms with E-state index in [1.807, 2.05) is 23.9 Å². The lowest BCUT2D eigenvalue weighted by atomic mass is 10.4. The van der Waals surface area contributed by atoms with Crippen molar-refractivity contribution in [2.24, 2.45) is 0 Å². The lowest BCUT2D eigenvalue weighted by molar-refractivity contribution is 0.0455. The Morgan fingerprint density at radius 2 is 2.38 bits per heavy atom. The molecule has 13 heavy (non-hydrogen) atoms. The molecule has 2 rings (SSSR count). The highest BCUT2D eigenvalue weighted by molar-refractivity contribution is 7.99. The molecule has 3 nitrogen and oxygen atoms in total. The Morgan fingerprint density at radius 1 is 1.54 bits per heavy atom. The lowest BCUT2D eigenvalue weighted by Crippen LogP contribution is -2.30. The first-order valence-corrected chi connectivity index (χ1v) is 5.30. The Morgan fingerprint density at radius 3 is 3.00 bits per heavy atom. The molecule has 0 atom stereocenters. The number of ether oxygens (including phenoxy) is 1. The molecule has 0 radical (unpaired) electrons. The van der Waals surface area contributed by atoms with Crippen LogP contribution < -0.4 is 5.73 Å². The number of hydrogen-bond donors (Lipinski definition) is 1. The number of rotatable bonds is 3. The van der Waals surface area contributed by atoms with E-state index in [0.29, 0.717) is 11.1 Å². The van der Waals surface area contributed by atoms with Crippen molar-refractivity contribution in [3.8, 4) is 0 Å². The smallest absolute Gasteiger partial charge is 0.123 e. The van der Waals surface area contributed by atoms with Crippen LogP contribution in [-0.2, 0) is 10.5 Å². The van der Waals surface area contributed by atoms with Crippen LogP contribution in [0.2, 0.25) is 0 Å². The van der Waals surface area contributed by atoms with E-state index in [9.17, 15) is 0 Å². The molecular weight excluding hydrogens is 184 g/mol. The molecule has 2 N–H and O–H groups in total. The van der Waals surface area contributed by atoms with Gasteiger partial charge in [-0.25, -0.2) is 4.98 Å². The van der Waals surface area contributed by atoms with Crippen LogP contribution in [0.25, 0.3) is 0 Å². The number of nitrogens with zero attached hydrogens (tertiary/aromatic N) is 1. The molecule has 1 aromatic rings. The summed E-state index contributed by atoms with van der Waals surface area (Å²) in [5.41, 5.74) is 6.62. The van der Waals surface area contributed by atoms with Gasteiger partial charge in [0, 0.05) is 5.75 Å². The maximum atomic E-state index is 5.57. The maximum absolute atomic E-state index is 5.57. The van der Waals surface area contributed by atoms with Gasteiger partial charge in [-0.15, -0.1) is 11.8 Å². The lowest BCUT2D eigenvalue weighted by Gasteiger charge is -2.24. The van der Waals surface area contributed by atoms with Crippen molar-refractivity contribution in [3.63, 3.8) is 0 Å². The van der Waals surface area contributed by atoms with Crippen molar-refractivity contribution >= 4 is 17.6 Å². The highest BCUT2D eigenvalue weighted by Gasteiger charge is 2.18. The van der Waals surface area contributed by atoms with Gasteiger partial charge in [0.25, 0.3) is 0 Å². The summed E-state index contributed by atoms with van der Waals surface area (Å²) in [5.74, 6) is 1.53. The van der Waals surface area contributed by atoms with Gasteiger partial charge in [-0.3, -0.25) is 0 Å². The first kappa shape index (κ1) is 8.84. The summed E-state index contributed by atoms with van der Waals surface area (Å²) in [4.78, 5) is 4.22. The van der Waals surface area contributed by atoms with Crippen molar-refractivity contribution < 1.29 is 4.74 Å². The second kappa shape index (κ2) is 3.98. The molecule has 0 unspecified atom stereocenters. The van der Waals surface area contributed by atoms with E-state index in [1.54, 1.807) is 6.07 Å². The summed E-state index contributed by atoms with van der Waals surface area (Å²) < 4.78 is 5.08. The molecule has 0 spiro atoms. The Bertz CT molecular complexity index is 289. The number of pyridine rings is 1. The number of thioether (sulfide) groups is 1. The average molecular weight is 196 g/mol. The van der Waals surface area contributed by atoms with Crippen molar-refractivity contribution in [2.75, 3.05) is 18.9 Å². The fourth-order valence-corrected chi connectivity index (χ4v) is 2.04. The topological polar surface area (TPSA) is 48.1 Å². The van der Waals surface area contributed by atoms with Gasteiger partial charge < -0.3 is 10.5 Å². The van der Waals surface area contributed by atoms with Crippen LogP contribution in [0.5, 0.6) is 0 Å². The molecule has 0 saturated carbocycles. The summed E-state index contributed by atoms with van der Waals surface area (Å²) in [6.07, 6.45) is 0. The van der Waals surface area contributed by atoms with Crippen LogP contribution in [-0.4, -0.2) is 23.4 Å². The molecule has 4 heteroatoms. The van der Waals surface area contributed by atoms with Crippen molar-refractivity contribution in [1.82, 2.24) is 4.98 Å². The Balaban J connectivity index is 1.86. The van der Waals surface area contributed by atoms with Crippen LogP contribution in [0.1, 0.15) is 5.69 Å². The Labute approximate surface area is 81.7 Å². The predicted molar refractivity (Wildman–Crippen MR) is 54.6 cm³/mol. The van der Waals surface area contributed by atoms with Crippen LogP contribution in [0.4, 0.5) is 5.82 Å². The van der Waals surface area contributed by atoms with Crippen molar-refractivity contribution in [1.29, 1.82) is 0 Å². The second-order valence-corrected chi connectivity index (χ2v) is 4.31. The summed E-state index contributed by atoms with van der Waals surface area (Å²) in [6.45, 7) is 1.76. The third-order valence-corrected chi connectivity index (χ3v) is 3.11. The highest BCUT2D eigenvalue weighted by atomic mass is 32.2. The van der Waals surface area contributed by atoms with Gasteiger partial charge in [-0.05, 0) is 12.1 Å². The summed E-state index contributed by atoms with van der Waals surface area (Å²) in [6, 6.07) is 5.75. The van der Waals surface area contributed by atoms with Crippen molar-refractivity contribution in [2.45, 2.75) is 11.0 Å². The monoisotopic (exact) mass is 196 g/mol. The summed E-state index contributed by atoms with van der Waals surface area (Å²) in [7, 11) is 0. The summed E-state index contributed by atoms with van der Waals surface area (Å²) >= 11 is 1.88. The summed E-state index contributed by atoms with van der Waals surface area (Å²) in [5, 5.41) is 0.656. The van der Waals surface area contributed by atoms with Gasteiger partial charge in [0.15, 0.2) is 0 Å². The van der Waals surface area contributed by atoms with E-state index in [2.05, 4.69) is 4.98 Å². The molecule has 1 fully saturated rings. The minimum Gasteiger partial charge on any atom is -0.384 e. The number of nitrogen functional groups attached to an aromatic ring is 1. The fourth-order valence-electron chi connectivity index (χ4n) is 1.09. The van der Waals surface area contributed by atoms with Crippen LogP contribution >= 0.6 is 11.8 Å². The van der Waals surface area contributed by atoms with E-state index in [1.165, 1.54) is 0 Å². The SMILES string of the molecule is Nc1cccc(CSC2COC2)n1. The van der Waals surface area contributed by atoms with Gasteiger partial charge in [0.2, 0.25) is 0 Å². The number of aromatic nitrogens is 1. The van der Waals surface area contributed by atoms with E-state index in [-0.39, 0.29) is 0 Å². The predicted octanol–water partition coefficient (Wildman–Crippen LogP) is 1.30. The first-order chi connectivity index (χ1) is 6.34. The molecule has 0 aliphatic carbocycles. The maximum Gasteiger partial charge on any atom is 0.123 e. The van der Waals surface area contributed by atoms with E-state index in [4.69, 9.17) is 10.5 Å². The number of hydrogen-bond acceptors (Lipinski definition) is 4. The molecule has 1 aliphatic heterocycles. The fraction of sp³-hybridized carbons (Fsp3) is 0.444. The minimum atomic E-state index is 0.600. The Kier molecular flexibility index (Phi) is 2.71. The molecule has 0 amide bonds. The molecule has 1 saturated heterocycles. The molecule has 2 heterocycles. The molecule has 1 aromatic heterocycles. The zero-order valence-corrected chi connectivity index (χ0v) is 8.09. The Hall–Kier alpha value is -0.740. The van der Waals surface area contributed by atoms with Crippen LogP contribution in [0.3, 0.4) is 0 Å². The highest BCUT2D eigenvalue weighted by Crippen LogP contribution is 2.22. The van der Waals surface area contributed by atoms with E-state index < -0.39 is 0 Å². The number of anilines is 1. The number of nitrogens with two attached hydrogens (primary N) is 1. The van der Waals surface area contributed by atoms with Crippen LogP contribution in [0.15, 0.2) is 18.2 Å². The van der Waals surface area contributed by atoms with Crippen LogP contribution in [0, 0.1) is 0 Å². The standard InChI is InChI=1S/C9H12N2OS/c10-9-3-1-2-7(11-9)6-13-8-4-12-5-8/h1-3,8H,4-6H2,(H2,10,11). The third-order valence-electron chi connectivity index (χ3n) is 1.90. The van der Waals surface area contributed by atoms with E-state index >= 15 is 0 Å². The first-order valence-electron chi connectivity index (χ1n) is 4.25. The van der Waals surface area contributed by atoms with Gasteiger partial charge in [0.05, 0.1) is 24.2 Å². The normalized spacial score (nSPS) is 16.9. The largest absolute Gasteiger partial charge is 0.384 e. The van der Waals surface area contributed by atoms with Crippen molar-refractivity contribution in [3.05, 3.63) is 23.9 Å². The third kappa shape index (κ3) is 2.35. The molecule has 0 aromatic carbocycles. The molecular formula is C9H12N2OS.